The van der Waals surface area contributed by atoms with Gasteiger partial charge in [0.15, 0.2) is 0 Å². The van der Waals surface area contributed by atoms with Gasteiger partial charge in [-0.05, 0) is 30.9 Å². The summed E-state index contributed by atoms with van der Waals surface area (Å²) in [6.07, 6.45) is 3.75. The van der Waals surface area contributed by atoms with E-state index in [1.807, 2.05) is 13.8 Å². The molecule has 1 aliphatic rings. The Morgan fingerprint density at radius 2 is 1.90 bits per heavy atom. The Hall–Kier alpha value is -1.16. The molecule has 2 nitrogen and oxygen atoms in total. The second-order valence-corrected chi connectivity index (χ2v) is 6.38. The van der Waals surface area contributed by atoms with Gasteiger partial charge in [0.2, 0.25) is 5.91 Å². The van der Waals surface area contributed by atoms with Crippen molar-refractivity contribution in [3.05, 3.63) is 34.4 Å². The van der Waals surface area contributed by atoms with Gasteiger partial charge in [-0.15, -0.1) is 0 Å². The van der Waals surface area contributed by atoms with Crippen LogP contribution in [0.4, 0.5) is 8.78 Å². The highest BCUT2D eigenvalue weighted by Gasteiger charge is 2.30. The average molecular weight is 316 g/mol. The molecule has 1 aromatic carbocycles. The van der Waals surface area contributed by atoms with Crippen molar-refractivity contribution in [2.75, 3.05) is 0 Å². The van der Waals surface area contributed by atoms with Crippen molar-refractivity contribution >= 4 is 17.5 Å². The van der Waals surface area contributed by atoms with Crippen LogP contribution >= 0.6 is 11.6 Å². The monoisotopic (exact) mass is 315 g/mol. The van der Waals surface area contributed by atoms with Crippen LogP contribution in [-0.2, 0) is 4.79 Å². The molecule has 1 N–H and O–H groups in total. The van der Waals surface area contributed by atoms with E-state index in [0.717, 1.165) is 31.7 Å². The lowest BCUT2D eigenvalue weighted by molar-refractivity contribution is -0.125. The summed E-state index contributed by atoms with van der Waals surface area (Å²) in [6.45, 7) is 3.64. The lowest BCUT2D eigenvalue weighted by Crippen LogP contribution is -2.36. The van der Waals surface area contributed by atoms with Gasteiger partial charge >= 0.3 is 0 Å². The Balaban J connectivity index is 2.27. The Labute approximate surface area is 128 Å². The first kappa shape index (κ1) is 16.2. The highest BCUT2D eigenvalue weighted by Crippen LogP contribution is 2.32. The molecule has 2 rings (SSSR count). The van der Waals surface area contributed by atoms with Crippen LogP contribution in [0.25, 0.3) is 0 Å². The smallest absolute Gasteiger partial charge is 0.223 e. The normalized spacial score (nSPS) is 17.2. The zero-order valence-electron chi connectivity index (χ0n) is 12.3. The van der Waals surface area contributed by atoms with Crippen LogP contribution in [0.2, 0.25) is 5.02 Å². The molecule has 1 atom stereocenters. The molecule has 0 spiro atoms. The molecule has 1 aliphatic carbocycles. The fraction of sp³-hybridized carbons (Fsp3) is 0.562. The van der Waals surface area contributed by atoms with Crippen LogP contribution in [0.3, 0.4) is 0 Å². The van der Waals surface area contributed by atoms with Gasteiger partial charge < -0.3 is 5.32 Å². The minimum Gasteiger partial charge on any atom is -0.349 e. The topological polar surface area (TPSA) is 29.1 Å². The van der Waals surface area contributed by atoms with Gasteiger partial charge in [-0.1, -0.05) is 38.3 Å². The Bertz CT molecular complexity index is 527. The van der Waals surface area contributed by atoms with Crippen molar-refractivity contribution < 1.29 is 13.6 Å². The zero-order chi connectivity index (χ0) is 15.6. The lowest BCUT2D eigenvalue weighted by atomic mass is 9.94. The Morgan fingerprint density at radius 3 is 2.48 bits per heavy atom. The highest BCUT2D eigenvalue weighted by molar-refractivity contribution is 6.30. The van der Waals surface area contributed by atoms with Gasteiger partial charge in [0.25, 0.3) is 0 Å². The van der Waals surface area contributed by atoms with Gasteiger partial charge in [0.1, 0.15) is 11.6 Å². The number of halogens is 3. The summed E-state index contributed by atoms with van der Waals surface area (Å²) in [5, 5.41) is 2.67. The van der Waals surface area contributed by atoms with E-state index in [9.17, 15) is 13.6 Å². The average Bonchev–Trinajstić information content (AvgIpc) is 2.96. The number of carbonyl (C=O) groups excluding carboxylic acids is 1. The zero-order valence-corrected chi connectivity index (χ0v) is 13.0. The first-order valence-corrected chi connectivity index (χ1v) is 7.73. The molecule has 0 aliphatic heterocycles. The molecule has 1 saturated carbocycles. The molecule has 0 aromatic heterocycles. The number of benzene rings is 1. The van der Waals surface area contributed by atoms with Crippen molar-refractivity contribution in [2.24, 2.45) is 11.8 Å². The highest BCUT2D eigenvalue weighted by atomic mass is 35.5. The minimum absolute atomic E-state index is 0.0449. The number of hydrogen-bond donors (Lipinski definition) is 1. The predicted molar refractivity (Wildman–Crippen MR) is 79.0 cm³/mol. The van der Waals surface area contributed by atoms with E-state index in [2.05, 4.69) is 5.32 Å². The van der Waals surface area contributed by atoms with Gasteiger partial charge in [0.05, 0.1) is 11.1 Å². The van der Waals surface area contributed by atoms with Crippen LogP contribution < -0.4 is 5.32 Å². The van der Waals surface area contributed by atoms with E-state index in [1.165, 1.54) is 6.07 Å². The van der Waals surface area contributed by atoms with Crippen molar-refractivity contribution in [1.29, 1.82) is 0 Å². The fourth-order valence-corrected chi connectivity index (χ4v) is 3.02. The Kier molecular flexibility index (Phi) is 5.20. The van der Waals surface area contributed by atoms with Gasteiger partial charge in [-0.25, -0.2) is 8.78 Å². The van der Waals surface area contributed by atoms with Crippen LogP contribution in [0.15, 0.2) is 12.1 Å². The number of carbonyl (C=O) groups is 1. The van der Waals surface area contributed by atoms with E-state index in [-0.39, 0.29) is 28.3 Å². The summed E-state index contributed by atoms with van der Waals surface area (Å²) >= 11 is 5.74. The fourth-order valence-electron chi connectivity index (χ4n) is 2.86. The molecule has 5 heteroatoms. The van der Waals surface area contributed by atoms with E-state index in [4.69, 9.17) is 11.6 Å². The molecule has 1 fully saturated rings. The first-order valence-electron chi connectivity index (χ1n) is 7.35. The second kappa shape index (κ2) is 6.73. The first-order chi connectivity index (χ1) is 9.91. The molecule has 0 heterocycles. The summed E-state index contributed by atoms with van der Waals surface area (Å²) in [7, 11) is 0. The maximum absolute atomic E-state index is 14.2. The van der Waals surface area contributed by atoms with E-state index < -0.39 is 17.7 Å². The third-order valence-corrected chi connectivity index (χ3v) is 4.37. The quantitative estimate of drug-likeness (QED) is 0.807. The number of hydrogen-bond acceptors (Lipinski definition) is 1. The minimum atomic E-state index is -0.790. The SMILES string of the molecule is CC(C)C(NC(=O)C1CCCC1)c1c(F)ccc(Cl)c1F. The molecule has 1 unspecified atom stereocenters. The summed E-state index contributed by atoms with van der Waals surface area (Å²) in [5.74, 6) is -1.77. The summed E-state index contributed by atoms with van der Waals surface area (Å²) in [6, 6.07) is 1.61. The molecule has 0 bridgehead atoms. The van der Waals surface area contributed by atoms with Gasteiger partial charge in [-0.2, -0.15) is 0 Å². The van der Waals surface area contributed by atoms with Crippen LogP contribution in [0.1, 0.15) is 51.1 Å². The summed E-state index contributed by atoms with van der Waals surface area (Å²) in [4.78, 5) is 12.3. The third kappa shape index (κ3) is 3.54. The largest absolute Gasteiger partial charge is 0.349 e. The molecular weight excluding hydrogens is 296 g/mol. The number of amides is 1. The summed E-state index contributed by atoms with van der Waals surface area (Å²) in [5.41, 5.74) is -0.149. The second-order valence-electron chi connectivity index (χ2n) is 5.97. The van der Waals surface area contributed by atoms with E-state index in [0.29, 0.717) is 0 Å². The molecule has 1 aromatic rings. The van der Waals surface area contributed by atoms with Crippen molar-refractivity contribution in [3.8, 4) is 0 Å². The Morgan fingerprint density at radius 1 is 1.29 bits per heavy atom. The van der Waals surface area contributed by atoms with Crippen molar-refractivity contribution in [1.82, 2.24) is 5.32 Å². The van der Waals surface area contributed by atoms with Gasteiger partial charge in [-0.3, -0.25) is 4.79 Å². The number of rotatable bonds is 4. The third-order valence-electron chi connectivity index (χ3n) is 4.08. The van der Waals surface area contributed by atoms with Crippen LogP contribution in [0, 0.1) is 23.5 Å². The van der Waals surface area contributed by atoms with Crippen molar-refractivity contribution in [3.63, 3.8) is 0 Å². The lowest BCUT2D eigenvalue weighted by Gasteiger charge is -2.25. The standard InChI is InChI=1S/C16H20ClF2NO/c1-9(2)15(20-16(21)10-5-3-4-6-10)13-12(18)8-7-11(17)14(13)19/h7-10,15H,3-6H2,1-2H3,(H,20,21). The predicted octanol–water partition coefficient (Wildman–Crippen LogP) is 4.62. The number of nitrogens with one attached hydrogen (secondary N) is 1. The molecule has 116 valence electrons. The molecular formula is C16H20ClF2NO. The van der Waals surface area contributed by atoms with Crippen LogP contribution in [0.5, 0.6) is 0 Å². The maximum Gasteiger partial charge on any atom is 0.223 e. The van der Waals surface area contributed by atoms with E-state index in [1.54, 1.807) is 0 Å². The van der Waals surface area contributed by atoms with E-state index >= 15 is 0 Å². The molecule has 1 amide bonds. The molecule has 21 heavy (non-hydrogen) atoms. The molecule has 0 saturated heterocycles. The molecule has 0 radical (unpaired) electrons. The van der Waals surface area contributed by atoms with Crippen molar-refractivity contribution in [2.45, 2.75) is 45.6 Å². The van der Waals surface area contributed by atoms with Crippen LogP contribution in [-0.4, -0.2) is 5.91 Å². The van der Waals surface area contributed by atoms with Gasteiger partial charge in [0, 0.05) is 11.5 Å². The summed E-state index contributed by atoms with van der Waals surface area (Å²) < 4.78 is 28.2. The maximum atomic E-state index is 14.2.